The maximum Gasteiger partial charge on any atom is 0.106 e. The first-order valence-corrected chi connectivity index (χ1v) is 7.32. The lowest BCUT2D eigenvalue weighted by molar-refractivity contribution is 0.116. The first kappa shape index (κ1) is 13.8. The van der Waals surface area contributed by atoms with Crippen molar-refractivity contribution in [3.63, 3.8) is 0 Å². The predicted octanol–water partition coefficient (Wildman–Crippen LogP) is 2.80. The molecule has 1 aromatic carbocycles. The fourth-order valence-corrected chi connectivity index (χ4v) is 2.86. The number of halogens is 1. The third-order valence-electron chi connectivity index (χ3n) is 3.32. The van der Waals surface area contributed by atoms with Crippen molar-refractivity contribution < 1.29 is 5.11 Å². The molecular weight excluding hydrogens is 312 g/mol. The van der Waals surface area contributed by atoms with E-state index in [1.807, 2.05) is 18.2 Å². The van der Waals surface area contributed by atoms with Gasteiger partial charge in [-0.15, -0.1) is 0 Å². The Hall–Kier alpha value is -0.650. The van der Waals surface area contributed by atoms with Gasteiger partial charge < -0.3 is 16.2 Å². The second kappa shape index (κ2) is 5.99. The van der Waals surface area contributed by atoms with E-state index in [9.17, 15) is 5.11 Å². The Bertz CT molecular complexity index is 453. The summed E-state index contributed by atoms with van der Waals surface area (Å²) >= 11 is 8.47. The molecule has 1 aliphatic carbocycles. The molecule has 1 aliphatic rings. The second-order valence-corrected chi connectivity index (χ2v) is 6.01. The number of thiocarbonyl (C=S) groups is 1. The van der Waals surface area contributed by atoms with Crippen molar-refractivity contribution in [2.24, 2.45) is 5.73 Å². The van der Waals surface area contributed by atoms with Crippen LogP contribution in [0.4, 0.5) is 5.69 Å². The molecule has 1 saturated carbocycles. The molecule has 0 bridgehead atoms. The zero-order valence-electron chi connectivity index (χ0n) is 10.0. The molecule has 0 aromatic heterocycles. The minimum absolute atomic E-state index is 0.0908. The van der Waals surface area contributed by atoms with Crippen LogP contribution in [0.15, 0.2) is 22.7 Å². The highest BCUT2D eigenvalue weighted by molar-refractivity contribution is 9.10. The summed E-state index contributed by atoms with van der Waals surface area (Å²) in [5, 5.41) is 13.3. The molecule has 2 atom stereocenters. The molecule has 4 N–H and O–H groups in total. The molecule has 98 valence electrons. The van der Waals surface area contributed by atoms with Crippen molar-refractivity contribution in [1.82, 2.24) is 0 Å². The number of nitrogens with two attached hydrogens (primary N) is 1. The molecule has 0 spiro atoms. The lowest BCUT2D eigenvalue weighted by Gasteiger charge is -2.30. The van der Waals surface area contributed by atoms with E-state index in [4.69, 9.17) is 18.0 Å². The van der Waals surface area contributed by atoms with Crippen LogP contribution in [0.5, 0.6) is 0 Å². The summed E-state index contributed by atoms with van der Waals surface area (Å²) in [6.45, 7) is 0. The van der Waals surface area contributed by atoms with Crippen molar-refractivity contribution in [1.29, 1.82) is 0 Å². The molecule has 0 aliphatic heterocycles. The molecular formula is C13H17BrN2OS. The summed E-state index contributed by atoms with van der Waals surface area (Å²) < 4.78 is 0.944. The van der Waals surface area contributed by atoms with Crippen LogP contribution in [0.25, 0.3) is 0 Å². The lowest BCUT2D eigenvalue weighted by Crippen LogP contribution is -2.36. The number of aliphatic hydroxyl groups excluding tert-OH is 1. The standard InChI is InChI=1S/C13H17BrN2OS/c14-8-5-6-10(9(7-8)13(15)18)16-11-3-1-2-4-12(11)17/h5-7,11-12,16-17H,1-4H2,(H2,15,18). The van der Waals surface area contributed by atoms with Gasteiger partial charge in [0.25, 0.3) is 0 Å². The van der Waals surface area contributed by atoms with Crippen LogP contribution in [0.1, 0.15) is 31.2 Å². The van der Waals surface area contributed by atoms with Gasteiger partial charge in [0, 0.05) is 15.7 Å². The maximum atomic E-state index is 9.98. The quantitative estimate of drug-likeness (QED) is 0.747. The van der Waals surface area contributed by atoms with Gasteiger partial charge in [-0.25, -0.2) is 0 Å². The molecule has 0 radical (unpaired) electrons. The van der Waals surface area contributed by atoms with Gasteiger partial charge in [0.1, 0.15) is 4.99 Å². The summed E-state index contributed by atoms with van der Waals surface area (Å²) in [5.41, 5.74) is 7.45. The molecule has 18 heavy (non-hydrogen) atoms. The minimum Gasteiger partial charge on any atom is -0.391 e. The van der Waals surface area contributed by atoms with Gasteiger partial charge in [-0.05, 0) is 31.0 Å². The van der Waals surface area contributed by atoms with E-state index in [-0.39, 0.29) is 12.1 Å². The van der Waals surface area contributed by atoms with Crippen molar-refractivity contribution in [3.05, 3.63) is 28.2 Å². The summed E-state index contributed by atoms with van der Waals surface area (Å²) in [4.78, 5) is 0.365. The smallest absolute Gasteiger partial charge is 0.106 e. The van der Waals surface area contributed by atoms with Crippen LogP contribution in [0.2, 0.25) is 0 Å². The first-order valence-electron chi connectivity index (χ1n) is 6.12. The van der Waals surface area contributed by atoms with E-state index in [1.54, 1.807) is 0 Å². The van der Waals surface area contributed by atoms with Crippen LogP contribution in [-0.4, -0.2) is 22.2 Å². The fourth-order valence-electron chi connectivity index (χ4n) is 2.33. The highest BCUT2D eigenvalue weighted by Crippen LogP contribution is 2.26. The molecule has 5 heteroatoms. The lowest BCUT2D eigenvalue weighted by atomic mass is 9.92. The van der Waals surface area contributed by atoms with E-state index in [0.717, 1.165) is 41.4 Å². The van der Waals surface area contributed by atoms with E-state index in [2.05, 4.69) is 21.2 Å². The summed E-state index contributed by atoms with van der Waals surface area (Å²) in [6.07, 6.45) is 3.79. The predicted molar refractivity (Wildman–Crippen MR) is 81.9 cm³/mol. The summed E-state index contributed by atoms with van der Waals surface area (Å²) in [5.74, 6) is 0. The molecule has 3 nitrogen and oxygen atoms in total. The van der Waals surface area contributed by atoms with Crippen molar-refractivity contribution in [3.8, 4) is 0 Å². The van der Waals surface area contributed by atoms with Gasteiger partial charge in [0.15, 0.2) is 0 Å². The van der Waals surface area contributed by atoms with Gasteiger partial charge >= 0.3 is 0 Å². The van der Waals surface area contributed by atoms with Crippen LogP contribution in [0, 0.1) is 0 Å². The van der Waals surface area contributed by atoms with Crippen LogP contribution >= 0.6 is 28.1 Å². The Labute approximate surface area is 121 Å². The Morgan fingerprint density at radius 3 is 2.78 bits per heavy atom. The van der Waals surface area contributed by atoms with Gasteiger partial charge in [-0.1, -0.05) is 41.0 Å². The average Bonchev–Trinajstić information content (AvgIpc) is 2.34. The highest BCUT2D eigenvalue weighted by atomic mass is 79.9. The van der Waals surface area contributed by atoms with E-state index < -0.39 is 0 Å². The number of aliphatic hydroxyl groups is 1. The monoisotopic (exact) mass is 328 g/mol. The Balaban J connectivity index is 2.20. The van der Waals surface area contributed by atoms with Crippen LogP contribution in [-0.2, 0) is 0 Å². The SMILES string of the molecule is NC(=S)c1cc(Br)ccc1NC1CCCCC1O. The number of nitrogens with one attached hydrogen (secondary N) is 1. The number of benzene rings is 1. The molecule has 1 fully saturated rings. The number of hydrogen-bond donors (Lipinski definition) is 3. The molecule has 0 heterocycles. The second-order valence-electron chi connectivity index (χ2n) is 4.66. The minimum atomic E-state index is -0.290. The average molecular weight is 329 g/mol. The van der Waals surface area contributed by atoms with Crippen LogP contribution in [0.3, 0.4) is 0 Å². The first-order chi connectivity index (χ1) is 8.58. The summed E-state index contributed by atoms with van der Waals surface area (Å²) in [7, 11) is 0. The largest absolute Gasteiger partial charge is 0.391 e. The molecule has 1 aromatic rings. The van der Waals surface area contributed by atoms with Gasteiger partial charge in [0.05, 0.1) is 12.1 Å². The zero-order valence-corrected chi connectivity index (χ0v) is 12.4. The molecule has 0 saturated heterocycles. The Morgan fingerprint density at radius 2 is 2.11 bits per heavy atom. The molecule has 2 rings (SSSR count). The third kappa shape index (κ3) is 3.22. The normalized spacial score (nSPS) is 23.7. The van der Waals surface area contributed by atoms with Crippen LogP contribution < -0.4 is 11.1 Å². The highest BCUT2D eigenvalue weighted by Gasteiger charge is 2.23. The van der Waals surface area contributed by atoms with Gasteiger partial charge in [-0.3, -0.25) is 0 Å². The Kier molecular flexibility index (Phi) is 4.59. The van der Waals surface area contributed by atoms with Crippen molar-refractivity contribution in [2.75, 3.05) is 5.32 Å². The van der Waals surface area contributed by atoms with Crippen molar-refractivity contribution >= 4 is 38.8 Å². The number of rotatable bonds is 3. The fraction of sp³-hybridized carbons (Fsp3) is 0.462. The zero-order chi connectivity index (χ0) is 13.1. The third-order valence-corrected chi connectivity index (χ3v) is 4.03. The van der Waals surface area contributed by atoms with Gasteiger partial charge in [-0.2, -0.15) is 0 Å². The molecule has 0 amide bonds. The number of hydrogen-bond acceptors (Lipinski definition) is 3. The van der Waals surface area contributed by atoms with Crippen molar-refractivity contribution in [2.45, 2.75) is 37.8 Å². The number of anilines is 1. The van der Waals surface area contributed by atoms with E-state index >= 15 is 0 Å². The van der Waals surface area contributed by atoms with E-state index in [1.165, 1.54) is 0 Å². The topological polar surface area (TPSA) is 58.3 Å². The maximum absolute atomic E-state index is 9.98. The van der Waals surface area contributed by atoms with E-state index in [0.29, 0.717) is 4.99 Å². The summed E-state index contributed by atoms with van der Waals surface area (Å²) in [6, 6.07) is 5.88. The Morgan fingerprint density at radius 1 is 1.39 bits per heavy atom. The molecule has 2 unspecified atom stereocenters. The van der Waals surface area contributed by atoms with Gasteiger partial charge in [0.2, 0.25) is 0 Å².